The number of hydrogen-bond acceptors (Lipinski definition) is 6. The van der Waals surface area contributed by atoms with Crippen LogP contribution >= 0.6 is 0 Å². The highest BCUT2D eigenvalue weighted by Crippen LogP contribution is 2.36. The molecule has 0 unspecified atom stereocenters. The van der Waals surface area contributed by atoms with Gasteiger partial charge < -0.3 is 19.9 Å². The highest BCUT2D eigenvalue weighted by molar-refractivity contribution is 6.09. The second-order valence-electron chi connectivity index (χ2n) is 4.87. The Morgan fingerprint density at radius 2 is 2.19 bits per heavy atom. The van der Waals surface area contributed by atoms with E-state index in [1.165, 1.54) is 6.07 Å². The Morgan fingerprint density at radius 1 is 1.48 bits per heavy atom. The first-order chi connectivity index (χ1) is 10.1. The lowest BCUT2D eigenvalue weighted by atomic mass is 9.84. The zero-order chi connectivity index (χ0) is 15.5. The third-order valence-corrected chi connectivity index (χ3v) is 3.68. The second-order valence-corrected chi connectivity index (χ2v) is 4.87. The first-order valence-electron chi connectivity index (χ1n) is 6.96. The van der Waals surface area contributed by atoms with Crippen LogP contribution < -0.4 is 5.32 Å². The molecule has 0 spiro atoms. The Labute approximate surface area is 123 Å². The van der Waals surface area contributed by atoms with Crippen LogP contribution in [0.2, 0.25) is 0 Å². The standard InChI is InChI=1S/C15H19NO5/c1-3-10-9-21-14(19)15(10,13(18)20-4-2)16-11-7-5-6-8-12(11)17/h5-8,10,16-17H,3-4,9H2,1-2H3/t10-,15-/m0/s1. The van der Waals surface area contributed by atoms with Crippen LogP contribution in [0.3, 0.4) is 0 Å². The maximum Gasteiger partial charge on any atom is 0.344 e. The smallest absolute Gasteiger partial charge is 0.344 e. The topological polar surface area (TPSA) is 84.9 Å². The summed E-state index contributed by atoms with van der Waals surface area (Å²) in [4.78, 5) is 24.6. The number of esters is 2. The maximum absolute atomic E-state index is 12.4. The van der Waals surface area contributed by atoms with E-state index in [2.05, 4.69) is 5.32 Å². The molecule has 1 heterocycles. The van der Waals surface area contributed by atoms with Crippen LogP contribution in [0.5, 0.6) is 5.75 Å². The van der Waals surface area contributed by atoms with Gasteiger partial charge in [-0.25, -0.2) is 9.59 Å². The predicted molar refractivity (Wildman–Crippen MR) is 75.8 cm³/mol. The number of aromatic hydroxyl groups is 1. The summed E-state index contributed by atoms with van der Waals surface area (Å²) in [6, 6.07) is 6.42. The number of phenolic OH excluding ortho intramolecular Hbond substituents is 1. The average molecular weight is 293 g/mol. The van der Waals surface area contributed by atoms with Gasteiger partial charge in [-0.1, -0.05) is 19.1 Å². The number of hydrogen-bond donors (Lipinski definition) is 2. The molecular formula is C15H19NO5. The Hall–Kier alpha value is -2.24. The zero-order valence-electron chi connectivity index (χ0n) is 12.1. The minimum absolute atomic E-state index is 0.0456. The molecule has 114 valence electrons. The summed E-state index contributed by atoms with van der Waals surface area (Å²) in [6.07, 6.45) is 0.561. The highest BCUT2D eigenvalue weighted by atomic mass is 16.6. The number of ether oxygens (including phenoxy) is 2. The molecule has 0 aliphatic carbocycles. The van der Waals surface area contributed by atoms with Crippen molar-refractivity contribution in [1.82, 2.24) is 0 Å². The molecule has 21 heavy (non-hydrogen) atoms. The van der Waals surface area contributed by atoms with Crippen LogP contribution in [0, 0.1) is 5.92 Å². The van der Waals surface area contributed by atoms with Gasteiger partial charge in [0.15, 0.2) is 0 Å². The number of para-hydroxylation sites is 2. The van der Waals surface area contributed by atoms with Gasteiger partial charge in [-0.3, -0.25) is 0 Å². The molecule has 0 bridgehead atoms. The lowest BCUT2D eigenvalue weighted by Gasteiger charge is -2.30. The molecular weight excluding hydrogens is 274 g/mol. The van der Waals surface area contributed by atoms with E-state index < -0.39 is 17.5 Å². The maximum atomic E-state index is 12.4. The van der Waals surface area contributed by atoms with Crippen molar-refractivity contribution in [1.29, 1.82) is 0 Å². The Kier molecular flexibility index (Phi) is 4.35. The fourth-order valence-corrected chi connectivity index (χ4v) is 2.50. The quantitative estimate of drug-likeness (QED) is 0.488. The van der Waals surface area contributed by atoms with Crippen molar-refractivity contribution in [2.75, 3.05) is 18.5 Å². The summed E-state index contributed by atoms with van der Waals surface area (Å²) >= 11 is 0. The summed E-state index contributed by atoms with van der Waals surface area (Å²) < 4.78 is 10.1. The van der Waals surface area contributed by atoms with Crippen molar-refractivity contribution in [2.45, 2.75) is 25.8 Å². The number of cyclic esters (lactones) is 1. The third-order valence-electron chi connectivity index (χ3n) is 3.68. The van der Waals surface area contributed by atoms with Crippen molar-refractivity contribution in [3.63, 3.8) is 0 Å². The van der Waals surface area contributed by atoms with Crippen molar-refractivity contribution < 1.29 is 24.2 Å². The molecule has 0 saturated carbocycles. The summed E-state index contributed by atoms with van der Waals surface area (Å²) in [5.74, 6) is -1.75. The number of carbonyl (C=O) groups is 2. The van der Waals surface area contributed by atoms with Crippen LogP contribution in [0.1, 0.15) is 20.3 Å². The summed E-state index contributed by atoms with van der Waals surface area (Å²) in [5.41, 5.74) is -1.31. The third kappa shape index (κ3) is 2.53. The molecule has 1 aromatic carbocycles. The highest BCUT2D eigenvalue weighted by Gasteiger charge is 2.59. The van der Waals surface area contributed by atoms with E-state index in [-0.39, 0.29) is 24.9 Å². The lowest BCUT2D eigenvalue weighted by molar-refractivity contribution is -0.157. The second kappa shape index (κ2) is 6.03. The molecule has 2 atom stereocenters. The molecule has 0 aromatic heterocycles. The van der Waals surface area contributed by atoms with Gasteiger partial charge in [-0.05, 0) is 25.5 Å². The molecule has 0 amide bonds. The Bertz CT molecular complexity index is 545. The Morgan fingerprint density at radius 3 is 2.81 bits per heavy atom. The van der Waals surface area contributed by atoms with Crippen molar-refractivity contribution in [3.05, 3.63) is 24.3 Å². The van der Waals surface area contributed by atoms with Gasteiger partial charge in [0.2, 0.25) is 5.54 Å². The molecule has 1 aliphatic rings. The average Bonchev–Trinajstić information content (AvgIpc) is 2.79. The zero-order valence-corrected chi connectivity index (χ0v) is 12.1. The van der Waals surface area contributed by atoms with Gasteiger partial charge in [0.25, 0.3) is 0 Å². The Balaban J connectivity index is 2.43. The number of anilines is 1. The fraction of sp³-hybridized carbons (Fsp3) is 0.467. The molecule has 1 saturated heterocycles. The molecule has 6 heteroatoms. The van der Waals surface area contributed by atoms with Gasteiger partial charge >= 0.3 is 11.9 Å². The van der Waals surface area contributed by atoms with Gasteiger partial charge in [-0.2, -0.15) is 0 Å². The van der Waals surface area contributed by atoms with Crippen molar-refractivity contribution in [2.24, 2.45) is 5.92 Å². The van der Waals surface area contributed by atoms with E-state index in [1.807, 2.05) is 6.92 Å². The molecule has 1 aliphatic heterocycles. The molecule has 2 N–H and O–H groups in total. The van der Waals surface area contributed by atoms with Gasteiger partial charge in [0.1, 0.15) is 5.75 Å². The summed E-state index contributed by atoms with van der Waals surface area (Å²) in [7, 11) is 0. The van der Waals surface area contributed by atoms with Gasteiger partial charge in [0, 0.05) is 5.92 Å². The molecule has 0 radical (unpaired) electrons. The van der Waals surface area contributed by atoms with Gasteiger partial charge in [0.05, 0.1) is 18.9 Å². The number of nitrogens with one attached hydrogen (secondary N) is 1. The van der Waals surface area contributed by atoms with Crippen LogP contribution in [-0.2, 0) is 19.1 Å². The molecule has 1 fully saturated rings. The number of phenols is 1. The summed E-state index contributed by atoms with van der Waals surface area (Å²) in [5, 5.41) is 12.7. The van der Waals surface area contributed by atoms with Crippen LogP contribution in [-0.4, -0.2) is 35.8 Å². The van der Waals surface area contributed by atoms with Crippen LogP contribution in [0.25, 0.3) is 0 Å². The number of carbonyl (C=O) groups excluding carboxylic acids is 2. The lowest BCUT2D eigenvalue weighted by Crippen LogP contribution is -2.56. The monoisotopic (exact) mass is 293 g/mol. The van der Waals surface area contributed by atoms with Crippen LogP contribution in [0.15, 0.2) is 24.3 Å². The number of rotatable bonds is 5. The van der Waals surface area contributed by atoms with E-state index in [4.69, 9.17) is 9.47 Å². The van der Waals surface area contributed by atoms with E-state index in [9.17, 15) is 14.7 Å². The number of benzene rings is 1. The minimum atomic E-state index is -1.61. The van der Waals surface area contributed by atoms with Crippen molar-refractivity contribution >= 4 is 17.6 Å². The van der Waals surface area contributed by atoms with E-state index in [1.54, 1.807) is 25.1 Å². The SMILES string of the molecule is CCOC(=O)[C@]1(Nc2ccccc2O)C(=O)OC[C@@H]1CC. The predicted octanol–water partition coefficient (Wildman–Crippen LogP) is 1.69. The minimum Gasteiger partial charge on any atom is -0.506 e. The first-order valence-corrected chi connectivity index (χ1v) is 6.96. The van der Waals surface area contributed by atoms with Gasteiger partial charge in [-0.15, -0.1) is 0 Å². The first kappa shape index (κ1) is 15.2. The molecule has 2 rings (SSSR count). The fourth-order valence-electron chi connectivity index (χ4n) is 2.50. The summed E-state index contributed by atoms with van der Waals surface area (Å²) in [6.45, 7) is 3.85. The van der Waals surface area contributed by atoms with E-state index in [0.29, 0.717) is 12.1 Å². The van der Waals surface area contributed by atoms with E-state index in [0.717, 1.165) is 0 Å². The normalized spacial score (nSPS) is 24.5. The van der Waals surface area contributed by atoms with Crippen molar-refractivity contribution in [3.8, 4) is 5.75 Å². The van der Waals surface area contributed by atoms with Crippen LogP contribution in [0.4, 0.5) is 5.69 Å². The largest absolute Gasteiger partial charge is 0.506 e. The molecule has 1 aromatic rings. The molecule has 6 nitrogen and oxygen atoms in total. The van der Waals surface area contributed by atoms with E-state index >= 15 is 0 Å².